The van der Waals surface area contributed by atoms with E-state index in [4.69, 9.17) is 4.74 Å². The zero-order chi connectivity index (χ0) is 15.7. The molecule has 0 bridgehead atoms. The van der Waals surface area contributed by atoms with Crippen LogP contribution >= 0.6 is 0 Å². The molecule has 0 radical (unpaired) electrons. The van der Waals surface area contributed by atoms with Gasteiger partial charge in [0.05, 0.1) is 5.69 Å². The summed E-state index contributed by atoms with van der Waals surface area (Å²) in [7, 11) is 0. The average Bonchev–Trinajstić information content (AvgIpc) is 2.74. The smallest absolute Gasteiger partial charge is 0.314 e. The first kappa shape index (κ1) is 17.5. The summed E-state index contributed by atoms with van der Waals surface area (Å²) in [5, 5.41) is 10.2. The molecule has 0 unspecified atom stereocenters. The van der Waals surface area contributed by atoms with E-state index in [-0.39, 0.29) is 6.03 Å². The SMILES string of the molecule is CCOCCCNC(=O)NCCc1c(C)nn(CC)c1C. The summed E-state index contributed by atoms with van der Waals surface area (Å²) in [6, 6.07) is -0.121. The molecule has 0 spiro atoms. The number of hydrogen-bond acceptors (Lipinski definition) is 3. The van der Waals surface area contributed by atoms with E-state index < -0.39 is 0 Å². The molecule has 1 aromatic heterocycles. The topological polar surface area (TPSA) is 68.2 Å². The highest BCUT2D eigenvalue weighted by molar-refractivity contribution is 5.73. The first-order chi connectivity index (χ1) is 10.1. The Bertz CT molecular complexity index is 443. The monoisotopic (exact) mass is 296 g/mol. The first-order valence-corrected chi connectivity index (χ1v) is 7.72. The van der Waals surface area contributed by atoms with Gasteiger partial charge in [-0.15, -0.1) is 0 Å². The number of rotatable bonds is 9. The largest absolute Gasteiger partial charge is 0.382 e. The van der Waals surface area contributed by atoms with Crippen LogP contribution in [0.4, 0.5) is 4.79 Å². The predicted octanol–water partition coefficient (Wildman–Crippen LogP) is 1.79. The van der Waals surface area contributed by atoms with E-state index in [1.807, 2.05) is 18.5 Å². The van der Waals surface area contributed by atoms with Gasteiger partial charge in [0.25, 0.3) is 0 Å². The minimum absolute atomic E-state index is 0.121. The minimum Gasteiger partial charge on any atom is -0.382 e. The van der Waals surface area contributed by atoms with Crippen molar-refractivity contribution in [2.45, 2.75) is 47.1 Å². The molecule has 0 aliphatic heterocycles. The molecule has 1 aromatic rings. The van der Waals surface area contributed by atoms with Gasteiger partial charge in [-0.3, -0.25) is 4.68 Å². The van der Waals surface area contributed by atoms with Crippen LogP contribution in [0.1, 0.15) is 37.2 Å². The van der Waals surface area contributed by atoms with Crippen LogP contribution in [0.3, 0.4) is 0 Å². The number of ether oxygens (including phenoxy) is 1. The minimum atomic E-state index is -0.121. The number of carbonyl (C=O) groups excluding carboxylic acids is 1. The lowest BCUT2D eigenvalue weighted by Gasteiger charge is -2.08. The molecule has 0 atom stereocenters. The number of aromatic nitrogens is 2. The summed E-state index contributed by atoms with van der Waals surface area (Å²) in [5.74, 6) is 0. The van der Waals surface area contributed by atoms with E-state index in [1.54, 1.807) is 0 Å². The highest BCUT2D eigenvalue weighted by Crippen LogP contribution is 2.13. The van der Waals surface area contributed by atoms with Crippen LogP contribution < -0.4 is 10.6 Å². The van der Waals surface area contributed by atoms with Gasteiger partial charge in [-0.25, -0.2) is 4.79 Å². The van der Waals surface area contributed by atoms with Crippen LogP contribution in [-0.2, 0) is 17.7 Å². The van der Waals surface area contributed by atoms with E-state index >= 15 is 0 Å². The number of nitrogens with zero attached hydrogens (tertiary/aromatic N) is 2. The Morgan fingerprint density at radius 1 is 1.24 bits per heavy atom. The molecule has 120 valence electrons. The van der Waals surface area contributed by atoms with Crippen LogP contribution in [0, 0.1) is 13.8 Å². The number of nitrogens with one attached hydrogen (secondary N) is 2. The second-order valence-electron chi connectivity index (χ2n) is 4.95. The summed E-state index contributed by atoms with van der Waals surface area (Å²) in [6.45, 7) is 11.7. The van der Waals surface area contributed by atoms with Gasteiger partial charge in [0.2, 0.25) is 0 Å². The maximum absolute atomic E-state index is 11.6. The molecular weight excluding hydrogens is 268 g/mol. The van der Waals surface area contributed by atoms with E-state index in [2.05, 4.69) is 29.6 Å². The van der Waals surface area contributed by atoms with Crippen molar-refractivity contribution in [2.75, 3.05) is 26.3 Å². The molecule has 1 rings (SSSR count). The number of amides is 2. The Labute approximate surface area is 127 Å². The van der Waals surface area contributed by atoms with Gasteiger partial charge < -0.3 is 15.4 Å². The van der Waals surface area contributed by atoms with Crippen LogP contribution in [0.15, 0.2) is 0 Å². The van der Waals surface area contributed by atoms with Crippen LogP contribution in [-0.4, -0.2) is 42.1 Å². The predicted molar refractivity (Wildman–Crippen MR) is 83.6 cm³/mol. The van der Waals surface area contributed by atoms with Gasteiger partial charge in [-0.05, 0) is 46.1 Å². The standard InChI is InChI=1S/C15H28N4O2/c1-5-19-13(4)14(12(3)18-19)8-10-17-15(20)16-9-7-11-21-6-2/h5-11H2,1-4H3,(H2,16,17,20). The van der Waals surface area contributed by atoms with E-state index in [1.165, 1.54) is 11.3 Å². The van der Waals surface area contributed by atoms with Gasteiger partial charge in [-0.2, -0.15) is 5.10 Å². The summed E-state index contributed by atoms with van der Waals surface area (Å²) in [4.78, 5) is 11.6. The molecule has 0 aliphatic carbocycles. The molecular formula is C15H28N4O2. The summed E-state index contributed by atoms with van der Waals surface area (Å²) >= 11 is 0. The van der Waals surface area contributed by atoms with Crippen LogP contribution in [0.25, 0.3) is 0 Å². The summed E-state index contributed by atoms with van der Waals surface area (Å²) in [5.41, 5.74) is 3.47. The third kappa shape index (κ3) is 5.75. The van der Waals surface area contributed by atoms with E-state index in [0.717, 1.165) is 31.7 Å². The Balaban J connectivity index is 2.24. The Hall–Kier alpha value is -1.56. The van der Waals surface area contributed by atoms with E-state index in [0.29, 0.717) is 19.7 Å². The number of hydrogen-bond donors (Lipinski definition) is 2. The van der Waals surface area contributed by atoms with Crippen LogP contribution in [0.2, 0.25) is 0 Å². The lowest BCUT2D eigenvalue weighted by Crippen LogP contribution is -2.37. The molecule has 0 saturated carbocycles. The lowest BCUT2D eigenvalue weighted by atomic mass is 10.1. The van der Waals surface area contributed by atoms with Crippen molar-refractivity contribution in [1.82, 2.24) is 20.4 Å². The number of aryl methyl sites for hydroxylation is 2. The van der Waals surface area contributed by atoms with Crippen molar-refractivity contribution in [3.8, 4) is 0 Å². The second kappa shape index (κ2) is 9.39. The summed E-state index contributed by atoms with van der Waals surface area (Å²) < 4.78 is 7.21. The maximum atomic E-state index is 11.6. The van der Waals surface area contributed by atoms with Crippen molar-refractivity contribution in [1.29, 1.82) is 0 Å². The quantitative estimate of drug-likeness (QED) is 0.683. The zero-order valence-electron chi connectivity index (χ0n) is 13.7. The van der Waals surface area contributed by atoms with Crippen molar-refractivity contribution >= 4 is 6.03 Å². The van der Waals surface area contributed by atoms with Gasteiger partial charge in [0.1, 0.15) is 0 Å². The fourth-order valence-corrected chi connectivity index (χ4v) is 2.29. The highest BCUT2D eigenvalue weighted by Gasteiger charge is 2.10. The zero-order valence-corrected chi connectivity index (χ0v) is 13.7. The molecule has 2 N–H and O–H groups in total. The molecule has 0 fully saturated rings. The molecule has 6 heteroatoms. The molecule has 6 nitrogen and oxygen atoms in total. The highest BCUT2D eigenvalue weighted by atomic mass is 16.5. The van der Waals surface area contributed by atoms with Crippen molar-refractivity contribution in [3.63, 3.8) is 0 Å². The Kier molecular flexibility index (Phi) is 7.82. The summed E-state index contributed by atoms with van der Waals surface area (Å²) in [6.07, 6.45) is 1.65. The van der Waals surface area contributed by atoms with Crippen molar-refractivity contribution in [2.24, 2.45) is 0 Å². The van der Waals surface area contributed by atoms with Gasteiger partial charge >= 0.3 is 6.03 Å². The van der Waals surface area contributed by atoms with Crippen molar-refractivity contribution < 1.29 is 9.53 Å². The molecule has 0 aliphatic rings. The third-order valence-electron chi connectivity index (χ3n) is 3.45. The first-order valence-electron chi connectivity index (χ1n) is 7.72. The van der Waals surface area contributed by atoms with E-state index in [9.17, 15) is 4.79 Å². The van der Waals surface area contributed by atoms with Crippen molar-refractivity contribution in [3.05, 3.63) is 17.0 Å². The fourth-order valence-electron chi connectivity index (χ4n) is 2.29. The van der Waals surface area contributed by atoms with Gasteiger partial charge in [0.15, 0.2) is 0 Å². The fraction of sp³-hybridized carbons (Fsp3) is 0.733. The molecule has 1 heterocycles. The molecule has 0 saturated heterocycles. The lowest BCUT2D eigenvalue weighted by molar-refractivity contribution is 0.145. The molecule has 21 heavy (non-hydrogen) atoms. The van der Waals surface area contributed by atoms with Crippen LogP contribution in [0.5, 0.6) is 0 Å². The second-order valence-corrected chi connectivity index (χ2v) is 4.95. The van der Waals surface area contributed by atoms with Gasteiger partial charge in [-0.1, -0.05) is 0 Å². The third-order valence-corrected chi connectivity index (χ3v) is 3.45. The number of urea groups is 1. The van der Waals surface area contributed by atoms with Gasteiger partial charge in [0, 0.05) is 38.5 Å². The Morgan fingerprint density at radius 2 is 1.95 bits per heavy atom. The molecule has 0 aromatic carbocycles. The Morgan fingerprint density at radius 3 is 2.57 bits per heavy atom. The average molecular weight is 296 g/mol. The molecule has 2 amide bonds. The normalized spacial score (nSPS) is 10.7. The maximum Gasteiger partial charge on any atom is 0.314 e. The number of carbonyl (C=O) groups is 1.